The maximum atomic E-state index is 13.9. The van der Waals surface area contributed by atoms with Crippen LogP contribution in [0.1, 0.15) is 38.7 Å². The number of nitrogens with zero attached hydrogens (tertiary/aromatic N) is 2. The third kappa shape index (κ3) is 2.00. The van der Waals surface area contributed by atoms with E-state index < -0.39 is 16.5 Å². The summed E-state index contributed by atoms with van der Waals surface area (Å²) in [5.41, 5.74) is 2.33. The summed E-state index contributed by atoms with van der Waals surface area (Å²) in [7, 11) is 0. The Morgan fingerprint density at radius 3 is 2.61 bits per heavy atom. The van der Waals surface area contributed by atoms with Gasteiger partial charge in [0.05, 0.1) is 22.1 Å². The number of carbonyl (C=O) groups excluding carboxylic acids is 2. The lowest BCUT2D eigenvalue weighted by Crippen LogP contribution is -2.83. The number of amides is 2. The lowest BCUT2D eigenvalue weighted by Gasteiger charge is -2.62. The van der Waals surface area contributed by atoms with Crippen LogP contribution >= 0.6 is 0 Å². The SMILES string of the molecule is CC1(C)C2=[N+]([O-])c3c(cccc3-c3ccccc3)C2=C[C@@]23NC(=O)[C@]4(CCCN4C2=O)CC13. The largest absolute Gasteiger partial charge is 0.618 e. The first-order valence-corrected chi connectivity index (χ1v) is 11.7. The number of piperidine rings is 2. The van der Waals surface area contributed by atoms with Gasteiger partial charge < -0.3 is 15.4 Å². The topological polar surface area (TPSA) is 75.5 Å². The van der Waals surface area contributed by atoms with Gasteiger partial charge in [0.1, 0.15) is 11.1 Å². The summed E-state index contributed by atoms with van der Waals surface area (Å²) < 4.78 is 1.09. The number of nitrogens with one attached hydrogen (secondary N) is 1. The number of rotatable bonds is 1. The Kier molecular flexibility index (Phi) is 3.32. The van der Waals surface area contributed by atoms with E-state index >= 15 is 0 Å². The van der Waals surface area contributed by atoms with Crippen molar-refractivity contribution >= 4 is 28.8 Å². The molecule has 4 saturated heterocycles. The van der Waals surface area contributed by atoms with Crippen LogP contribution in [0.2, 0.25) is 0 Å². The van der Waals surface area contributed by atoms with E-state index in [0.717, 1.165) is 33.4 Å². The van der Waals surface area contributed by atoms with E-state index in [1.54, 1.807) is 0 Å². The number of para-hydroxylation sites is 1. The average molecular weight is 440 g/mol. The number of allylic oxidation sites excluding steroid dienone is 1. The summed E-state index contributed by atoms with van der Waals surface area (Å²) in [4.78, 5) is 29.0. The first-order valence-electron chi connectivity index (χ1n) is 11.7. The summed E-state index contributed by atoms with van der Waals surface area (Å²) >= 11 is 0. The fraction of sp³-hybridized carbons (Fsp3) is 0.370. The van der Waals surface area contributed by atoms with Gasteiger partial charge in [-0.25, -0.2) is 0 Å². The van der Waals surface area contributed by atoms with Gasteiger partial charge in [0, 0.05) is 12.5 Å². The van der Waals surface area contributed by atoms with E-state index in [9.17, 15) is 14.8 Å². The Balaban J connectivity index is 1.51. The van der Waals surface area contributed by atoms with Gasteiger partial charge in [0.15, 0.2) is 0 Å². The van der Waals surface area contributed by atoms with Gasteiger partial charge in [-0.1, -0.05) is 36.4 Å². The molecule has 2 aromatic rings. The molecule has 3 atom stereocenters. The van der Waals surface area contributed by atoms with Gasteiger partial charge >= 0.3 is 0 Å². The van der Waals surface area contributed by atoms with Crippen LogP contribution in [0, 0.1) is 16.5 Å². The van der Waals surface area contributed by atoms with Crippen molar-refractivity contribution < 1.29 is 14.3 Å². The average Bonchev–Trinajstić information content (AvgIpc) is 3.36. The Hall–Kier alpha value is -3.41. The van der Waals surface area contributed by atoms with Gasteiger partial charge in [-0.15, -0.1) is 0 Å². The molecule has 2 spiro atoms. The summed E-state index contributed by atoms with van der Waals surface area (Å²) in [6, 6.07) is 15.8. The Bertz CT molecular complexity index is 1340. The van der Waals surface area contributed by atoms with Gasteiger partial charge in [-0.05, 0) is 56.9 Å². The van der Waals surface area contributed by atoms with E-state index in [1.807, 2.05) is 59.5 Å². The second-order valence-corrected chi connectivity index (χ2v) is 10.7. The standard InChI is InChI=1S/C27H25N3O3/c1-25(2)20-15-26-12-7-13-29(26)24(32)27(20,28-23(26)31)14-19-18-11-6-10-17(16-8-4-3-5-9-16)21(18)30(33)22(19)25/h3-6,8-11,14,20H,7,12-13,15H2,1-2H3,(H,28,31)/t20?,26-,27-/m0/s1. The van der Waals surface area contributed by atoms with Crippen LogP contribution in [0.25, 0.3) is 16.7 Å². The molecule has 1 N–H and O–H groups in total. The van der Waals surface area contributed by atoms with Crippen LogP contribution in [-0.2, 0) is 9.59 Å². The van der Waals surface area contributed by atoms with E-state index in [4.69, 9.17) is 0 Å². The van der Waals surface area contributed by atoms with Crippen LogP contribution in [0.15, 0.2) is 54.6 Å². The lowest BCUT2D eigenvalue weighted by molar-refractivity contribution is -0.361. The quantitative estimate of drug-likeness (QED) is 0.545. The van der Waals surface area contributed by atoms with Crippen molar-refractivity contribution in [2.45, 2.75) is 44.2 Å². The van der Waals surface area contributed by atoms with Crippen molar-refractivity contribution in [1.82, 2.24) is 10.2 Å². The molecule has 6 nitrogen and oxygen atoms in total. The van der Waals surface area contributed by atoms with Gasteiger partial charge in [-0.2, -0.15) is 4.74 Å². The number of piperazine rings is 1. The molecule has 1 unspecified atom stereocenters. The predicted octanol–water partition coefficient (Wildman–Crippen LogP) is 3.62. The van der Waals surface area contributed by atoms with Gasteiger partial charge in [0.2, 0.25) is 17.3 Å². The van der Waals surface area contributed by atoms with E-state index in [0.29, 0.717) is 30.8 Å². The molecular weight excluding hydrogens is 414 g/mol. The van der Waals surface area contributed by atoms with Crippen molar-refractivity contribution in [3.8, 4) is 11.1 Å². The third-order valence-corrected chi connectivity index (χ3v) is 8.85. The second-order valence-electron chi connectivity index (χ2n) is 10.7. The molecule has 6 heteroatoms. The zero-order valence-electron chi connectivity index (χ0n) is 18.7. The zero-order chi connectivity index (χ0) is 22.8. The molecule has 166 valence electrons. The van der Waals surface area contributed by atoms with Gasteiger partial charge in [-0.3, -0.25) is 9.59 Å². The van der Waals surface area contributed by atoms with Crippen molar-refractivity contribution in [1.29, 1.82) is 0 Å². The van der Waals surface area contributed by atoms with Crippen molar-refractivity contribution in [3.63, 3.8) is 0 Å². The minimum absolute atomic E-state index is 0.0133. The molecule has 1 aliphatic carbocycles. The van der Waals surface area contributed by atoms with Crippen LogP contribution in [-0.4, -0.2) is 44.8 Å². The highest BCUT2D eigenvalue weighted by molar-refractivity contribution is 6.30. The number of hydrogen-bond acceptors (Lipinski definition) is 3. The molecule has 0 radical (unpaired) electrons. The molecule has 6 aliphatic rings. The van der Waals surface area contributed by atoms with Gasteiger partial charge in [0.25, 0.3) is 5.91 Å². The van der Waals surface area contributed by atoms with E-state index in [2.05, 4.69) is 19.2 Å². The maximum Gasteiger partial charge on any atom is 0.253 e. The highest BCUT2D eigenvalue weighted by atomic mass is 16.5. The van der Waals surface area contributed by atoms with Crippen LogP contribution in [0.3, 0.4) is 0 Å². The molecule has 2 aromatic carbocycles. The number of benzene rings is 2. The Labute approximate surface area is 192 Å². The summed E-state index contributed by atoms with van der Waals surface area (Å²) in [6.07, 6.45) is 4.04. The third-order valence-electron chi connectivity index (χ3n) is 8.85. The van der Waals surface area contributed by atoms with Crippen LogP contribution < -0.4 is 5.32 Å². The molecule has 2 bridgehead atoms. The Morgan fingerprint density at radius 1 is 1.06 bits per heavy atom. The molecule has 0 aromatic heterocycles. The fourth-order valence-electron chi connectivity index (χ4n) is 7.38. The highest BCUT2D eigenvalue weighted by Gasteiger charge is 2.74. The van der Waals surface area contributed by atoms with E-state index in [-0.39, 0.29) is 17.7 Å². The molecular formula is C27H25N3O3. The minimum Gasteiger partial charge on any atom is -0.618 e. The molecule has 33 heavy (non-hydrogen) atoms. The van der Waals surface area contributed by atoms with Crippen molar-refractivity contribution in [2.75, 3.05) is 6.54 Å². The maximum absolute atomic E-state index is 13.9. The number of fused-ring (bicyclic) bond motifs is 4. The molecule has 5 aliphatic heterocycles. The first-order chi connectivity index (χ1) is 15.8. The molecule has 8 rings (SSSR count). The summed E-state index contributed by atoms with van der Waals surface area (Å²) in [5.74, 6) is -0.225. The smallest absolute Gasteiger partial charge is 0.253 e. The number of hydrogen-bond donors (Lipinski definition) is 1. The first kappa shape index (κ1) is 19.1. The van der Waals surface area contributed by atoms with Crippen molar-refractivity contribution in [3.05, 3.63) is 65.4 Å². The molecule has 4 fully saturated rings. The van der Waals surface area contributed by atoms with E-state index in [1.165, 1.54) is 0 Å². The van der Waals surface area contributed by atoms with Crippen LogP contribution in [0.5, 0.6) is 0 Å². The predicted molar refractivity (Wildman–Crippen MR) is 125 cm³/mol. The summed E-state index contributed by atoms with van der Waals surface area (Å²) in [6.45, 7) is 4.76. The lowest BCUT2D eigenvalue weighted by atomic mass is 9.51. The fourth-order valence-corrected chi connectivity index (χ4v) is 7.38. The highest BCUT2D eigenvalue weighted by Crippen LogP contribution is 2.60. The second kappa shape index (κ2) is 5.74. The monoisotopic (exact) mass is 439 g/mol. The Morgan fingerprint density at radius 2 is 1.82 bits per heavy atom. The van der Waals surface area contributed by atoms with Crippen LogP contribution in [0.4, 0.5) is 5.69 Å². The molecule has 2 amide bonds. The molecule has 5 heterocycles. The summed E-state index contributed by atoms with van der Waals surface area (Å²) in [5, 5.41) is 17.1. The van der Waals surface area contributed by atoms with Crippen molar-refractivity contribution in [2.24, 2.45) is 11.3 Å². The zero-order valence-corrected chi connectivity index (χ0v) is 18.7. The number of carbonyl (C=O) groups is 2. The molecule has 0 saturated carbocycles. The normalized spacial score (nSPS) is 32.7. The minimum atomic E-state index is -1.10.